The molecule has 0 aromatic carbocycles. The summed E-state index contributed by atoms with van der Waals surface area (Å²) in [5.74, 6) is 0.913. The summed E-state index contributed by atoms with van der Waals surface area (Å²) in [5, 5.41) is 7.46. The zero-order valence-electron chi connectivity index (χ0n) is 16.5. The van der Waals surface area contributed by atoms with E-state index in [4.69, 9.17) is 0 Å². The standard InChI is InChI=1S/C19H28N6O2/c1-5-25-13(3)19(12(2)23-25)22-18(27)11-24-8-6-15(7-9-24)16-10-17(26)21-14(4)20-16/h10,15H,5-9,11H2,1-4H3,(H,22,27)(H,20,21,26). The SMILES string of the molecule is CCn1nc(C)c(NC(=O)CN2CCC(c3cc(=O)[nH]c(C)n3)CC2)c1C. The monoisotopic (exact) mass is 372 g/mol. The molecule has 8 nitrogen and oxygen atoms in total. The number of rotatable bonds is 5. The fourth-order valence-corrected chi connectivity index (χ4v) is 3.77. The van der Waals surface area contributed by atoms with Gasteiger partial charge < -0.3 is 10.3 Å². The molecule has 27 heavy (non-hydrogen) atoms. The van der Waals surface area contributed by atoms with Crippen LogP contribution in [0, 0.1) is 20.8 Å². The van der Waals surface area contributed by atoms with Crippen molar-refractivity contribution in [3.8, 4) is 0 Å². The second-order valence-corrected chi connectivity index (χ2v) is 7.22. The fraction of sp³-hybridized carbons (Fsp3) is 0.579. The van der Waals surface area contributed by atoms with E-state index in [-0.39, 0.29) is 17.4 Å². The molecule has 3 heterocycles. The maximum atomic E-state index is 12.5. The minimum atomic E-state index is -0.0994. The molecule has 1 saturated heterocycles. The van der Waals surface area contributed by atoms with Crippen LogP contribution in [0.3, 0.4) is 0 Å². The van der Waals surface area contributed by atoms with Crippen molar-refractivity contribution < 1.29 is 4.79 Å². The van der Waals surface area contributed by atoms with Crippen LogP contribution >= 0.6 is 0 Å². The Balaban J connectivity index is 1.55. The number of aromatic amines is 1. The van der Waals surface area contributed by atoms with E-state index in [1.54, 1.807) is 13.0 Å². The first-order valence-electron chi connectivity index (χ1n) is 9.51. The molecular weight excluding hydrogens is 344 g/mol. The van der Waals surface area contributed by atoms with Crippen LogP contribution in [0.2, 0.25) is 0 Å². The lowest BCUT2D eigenvalue weighted by Crippen LogP contribution is -2.39. The number of aryl methyl sites for hydroxylation is 3. The molecular formula is C19H28N6O2. The molecule has 1 amide bonds. The third-order valence-corrected chi connectivity index (χ3v) is 5.20. The predicted molar refractivity (Wildman–Crippen MR) is 104 cm³/mol. The van der Waals surface area contributed by atoms with Crippen molar-refractivity contribution in [2.45, 2.75) is 53.0 Å². The second kappa shape index (κ2) is 8.04. The maximum Gasteiger partial charge on any atom is 0.251 e. The molecule has 3 rings (SSSR count). The summed E-state index contributed by atoms with van der Waals surface area (Å²) in [6.07, 6.45) is 1.80. The highest BCUT2D eigenvalue weighted by atomic mass is 16.2. The van der Waals surface area contributed by atoms with Gasteiger partial charge in [0.1, 0.15) is 5.82 Å². The molecule has 0 bridgehead atoms. The number of carbonyl (C=O) groups is 1. The number of H-pyrrole nitrogens is 1. The Hall–Kier alpha value is -2.48. The summed E-state index contributed by atoms with van der Waals surface area (Å²) in [7, 11) is 0. The number of anilines is 1. The lowest BCUT2D eigenvalue weighted by Gasteiger charge is -2.31. The molecule has 1 aliphatic rings. The number of hydrogen-bond acceptors (Lipinski definition) is 5. The lowest BCUT2D eigenvalue weighted by molar-refractivity contribution is -0.117. The van der Waals surface area contributed by atoms with Gasteiger partial charge in [0.15, 0.2) is 0 Å². The zero-order chi connectivity index (χ0) is 19.6. The fourth-order valence-electron chi connectivity index (χ4n) is 3.77. The quantitative estimate of drug-likeness (QED) is 0.833. The van der Waals surface area contributed by atoms with Crippen LogP contribution in [0.1, 0.15) is 48.6 Å². The molecule has 1 fully saturated rings. The number of nitrogens with one attached hydrogen (secondary N) is 2. The summed E-state index contributed by atoms with van der Waals surface area (Å²) in [6, 6.07) is 1.59. The van der Waals surface area contributed by atoms with E-state index in [0.717, 1.165) is 55.2 Å². The second-order valence-electron chi connectivity index (χ2n) is 7.22. The van der Waals surface area contributed by atoms with Crippen molar-refractivity contribution in [1.82, 2.24) is 24.6 Å². The van der Waals surface area contributed by atoms with Crippen LogP contribution < -0.4 is 10.9 Å². The first-order valence-corrected chi connectivity index (χ1v) is 9.51. The van der Waals surface area contributed by atoms with Crippen molar-refractivity contribution in [2.75, 3.05) is 25.0 Å². The highest BCUT2D eigenvalue weighted by Gasteiger charge is 2.24. The normalized spacial score (nSPS) is 15.9. The Morgan fingerprint density at radius 1 is 1.30 bits per heavy atom. The molecule has 0 radical (unpaired) electrons. The smallest absolute Gasteiger partial charge is 0.251 e. The molecule has 1 aliphatic heterocycles. The molecule has 0 spiro atoms. The van der Waals surface area contributed by atoms with Gasteiger partial charge in [0.05, 0.1) is 29.3 Å². The van der Waals surface area contributed by atoms with E-state index < -0.39 is 0 Å². The Labute approximate surface area is 159 Å². The highest BCUT2D eigenvalue weighted by molar-refractivity contribution is 5.93. The van der Waals surface area contributed by atoms with Crippen LogP contribution in [-0.4, -0.2) is 50.2 Å². The number of likely N-dealkylation sites (tertiary alicyclic amines) is 1. The van der Waals surface area contributed by atoms with Crippen molar-refractivity contribution in [2.24, 2.45) is 0 Å². The summed E-state index contributed by atoms with van der Waals surface area (Å²) in [5.41, 5.74) is 3.41. The van der Waals surface area contributed by atoms with E-state index in [1.165, 1.54) is 0 Å². The Kier molecular flexibility index (Phi) is 5.74. The van der Waals surface area contributed by atoms with Gasteiger partial charge in [-0.25, -0.2) is 4.98 Å². The topological polar surface area (TPSA) is 95.9 Å². The van der Waals surface area contributed by atoms with Crippen LogP contribution in [0.15, 0.2) is 10.9 Å². The molecule has 2 aromatic heterocycles. The van der Waals surface area contributed by atoms with Gasteiger partial charge in [0.25, 0.3) is 5.56 Å². The summed E-state index contributed by atoms with van der Waals surface area (Å²) < 4.78 is 1.90. The molecule has 0 unspecified atom stereocenters. The summed E-state index contributed by atoms with van der Waals surface area (Å²) in [4.78, 5) is 33.4. The first kappa shape index (κ1) is 19.3. The van der Waals surface area contributed by atoms with Crippen LogP contribution in [-0.2, 0) is 11.3 Å². The van der Waals surface area contributed by atoms with Crippen molar-refractivity contribution in [3.05, 3.63) is 39.3 Å². The van der Waals surface area contributed by atoms with Gasteiger partial charge in [-0.15, -0.1) is 0 Å². The highest BCUT2D eigenvalue weighted by Crippen LogP contribution is 2.26. The first-order chi connectivity index (χ1) is 12.9. The summed E-state index contributed by atoms with van der Waals surface area (Å²) >= 11 is 0. The minimum Gasteiger partial charge on any atom is -0.322 e. The van der Waals surface area contributed by atoms with Crippen molar-refractivity contribution in [3.63, 3.8) is 0 Å². The van der Waals surface area contributed by atoms with Gasteiger partial charge in [0.2, 0.25) is 5.91 Å². The number of aromatic nitrogens is 4. The molecule has 0 aliphatic carbocycles. The zero-order valence-corrected chi connectivity index (χ0v) is 16.5. The van der Waals surface area contributed by atoms with Crippen LogP contribution in [0.25, 0.3) is 0 Å². The van der Waals surface area contributed by atoms with Gasteiger partial charge in [0, 0.05) is 18.5 Å². The molecule has 0 atom stereocenters. The van der Waals surface area contributed by atoms with Gasteiger partial charge in [-0.3, -0.25) is 19.2 Å². The van der Waals surface area contributed by atoms with Gasteiger partial charge in [-0.05, 0) is 53.6 Å². The Bertz CT molecular complexity index is 877. The van der Waals surface area contributed by atoms with E-state index in [1.807, 2.05) is 25.5 Å². The van der Waals surface area contributed by atoms with Gasteiger partial charge in [-0.2, -0.15) is 5.10 Å². The van der Waals surface area contributed by atoms with E-state index in [0.29, 0.717) is 12.4 Å². The van der Waals surface area contributed by atoms with Crippen LogP contribution in [0.4, 0.5) is 5.69 Å². The largest absolute Gasteiger partial charge is 0.322 e. The van der Waals surface area contributed by atoms with E-state index in [2.05, 4.69) is 25.3 Å². The molecule has 0 saturated carbocycles. The maximum absolute atomic E-state index is 12.5. The number of carbonyl (C=O) groups excluding carboxylic acids is 1. The van der Waals surface area contributed by atoms with E-state index in [9.17, 15) is 9.59 Å². The van der Waals surface area contributed by atoms with Gasteiger partial charge in [-0.1, -0.05) is 0 Å². The average molecular weight is 372 g/mol. The molecule has 2 N–H and O–H groups in total. The number of piperidine rings is 1. The molecule has 146 valence electrons. The van der Waals surface area contributed by atoms with E-state index >= 15 is 0 Å². The summed E-state index contributed by atoms with van der Waals surface area (Å²) in [6.45, 7) is 10.5. The van der Waals surface area contributed by atoms with Gasteiger partial charge >= 0.3 is 0 Å². The van der Waals surface area contributed by atoms with Crippen molar-refractivity contribution >= 4 is 11.6 Å². The Morgan fingerprint density at radius 3 is 2.59 bits per heavy atom. The third-order valence-electron chi connectivity index (χ3n) is 5.20. The number of nitrogens with zero attached hydrogens (tertiary/aromatic N) is 4. The Morgan fingerprint density at radius 2 is 2.00 bits per heavy atom. The average Bonchev–Trinajstić information content (AvgIpc) is 2.89. The minimum absolute atomic E-state index is 0.0135. The number of amides is 1. The number of hydrogen-bond donors (Lipinski definition) is 2. The molecule has 8 heteroatoms. The third kappa shape index (κ3) is 4.44. The lowest BCUT2D eigenvalue weighted by atomic mass is 9.93. The predicted octanol–water partition coefficient (Wildman–Crippen LogP) is 1.73. The molecule has 2 aromatic rings. The van der Waals surface area contributed by atoms with Crippen LogP contribution in [0.5, 0.6) is 0 Å². The van der Waals surface area contributed by atoms with Crippen molar-refractivity contribution in [1.29, 1.82) is 0 Å².